The van der Waals surface area contributed by atoms with E-state index in [1.165, 1.54) is 10.6 Å². The highest BCUT2D eigenvalue weighted by Crippen LogP contribution is 2.23. The highest BCUT2D eigenvalue weighted by molar-refractivity contribution is 9.10. The Hall–Kier alpha value is -0.630. The van der Waals surface area contributed by atoms with E-state index in [2.05, 4.69) is 15.9 Å². The van der Waals surface area contributed by atoms with Gasteiger partial charge in [-0.1, -0.05) is 11.6 Å². The summed E-state index contributed by atoms with van der Waals surface area (Å²) in [7, 11) is -3.19. The molecule has 1 saturated heterocycles. The van der Waals surface area contributed by atoms with Crippen LogP contribution in [0.1, 0.15) is 10.4 Å². The molecule has 1 aromatic carbocycles. The van der Waals surface area contributed by atoms with E-state index in [1.807, 2.05) is 0 Å². The molecule has 0 bridgehead atoms. The van der Waals surface area contributed by atoms with Crippen LogP contribution in [0.3, 0.4) is 0 Å². The first-order valence-corrected chi connectivity index (χ1v) is 9.00. The van der Waals surface area contributed by atoms with Gasteiger partial charge in [0.15, 0.2) is 0 Å². The third-order valence-corrected chi connectivity index (χ3v) is 5.38. The van der Waals surface area contributed by atoms with Crippen molar-refractivity contribution in [3.8, 4) is 0 Å². The zero-order valence-corrected chi connectivity index (χ0v) is 14.0. The molecule has 0 aromatic heterocycles. The molecule has 1 heterocycles. The number of hydrogen-bond donors (Lipinski definition) is 0. The molecule has 0 atom stereocenters. The quantitative estimate of drug-likeness (QED) is 0.785. The van der Waals surface area contributed by atoms with Gasteiger partial charge in [0.25, 0.3) is 5.91 Å². The highest BCUT2D eigenvalue weighted by Gasteiger charge is 2.27. The van der Waals surface area contributed by atoms with Crippen molar-refractivity contribution >= 4 is 43.5 Å². The Balaban J connectivity index is 2.11. The van der Waals surface area contributed by atoms with Crippen LogP contribution in [0.5, 0.6) is 0 Å². The van der Waals surface area contributed by atoms with Crippen molar-refractivity contribution in [1.82, 2.24) is 9.21 Å². The van der Waals surface area contributed by atoms with Gasteiger partial charge < -0.3 is 4.90 Å². The third kappa shape index (κ3) is 3.52. The minimum Gasteiger partial charge on any atom is -0.336 e. The molecule has 8 heteroatoms. The van der Waals surface area contributed by atoms with E-state index in [9.17, 15) is 13.2 Å². The number of carbonyl (C=O) groups excluding carboxylic acids is 1. The molecule has 5 nitrogen and oxygen atoms in total. The second-order valence-corrected chi connectivity index (χ2v) is 7.85. The summed E-state index contributed by atoms with van der Waals surface area (Å²) in [5, 5.41) is 0.492. The lowest BCUT2D eigenvalue weighted by atomic mass is 10.2. The summed E-state index contributed by atoms with van der Waals surface area (Å²) in [6.07, 6.45) is 1.18. The van der Waals surface area contributed by atoms with Gasteiger partial charge >= 0.3 is 0 Å². The van der Waals surface area contributed by atoms with Crippen molar-refractivity contribution in [1.29, 1.82) is 0 Å². The first kappa shape index (κ1) is 15.8. The van der Waals surface area contributed by atoms with Gasteiger partial charge in [0.1, 0.15) is 0 Å². The number of rotatable bonds is 2. The van der Waals surface area contributed by atoms with E-state index < -0.39 is 10.0 Å². The first-order valence-electron chi connectivity index (χ1n) is 5.98. The lowest BCUT2D eigenvalue weighted by Gasteiger charge is -2.33. The fourth-order valence-electron chi connectivity index (χ4n) is 2.05. The standard InChI is InChI=1S/C12H14BrClN2O3S/c1-20(18,19)16-6-4-15(5-7-16)12(17)10-8-9(14)2-3-11(10)13/h2-3,8H,4-7H2,1H3. The molecule has 0 saturated carbocycles. The average Bonchev–Trinajstić information content (AvgIpc) is 2.40. The molecular formula is C12H14BrClN2O3S. The minimum atomic E-state index is -3.19. The van der Waals surface area contributed by atoms with Gasteiger partial charge in [-0.25, -0.2) is 8.42 Å². The third-order valence-electron chi connectivity index (χ3n) is 3.15. The molecule has 0 radical (unpaired) electrons. The summed E-state index contributed by atoms with van der Waals surface area (Å²) >= 11 is 9.23. The van der Waals surface area contributed by atoms with Gasteiger partial charge in [-0.3, -0.25) is 4.79 Å². The summed E-state index contributed by atoms with van der Waals surface area (Å²) in [5.41, 5.74) is 0.491. The van der Waals surface area contributed by atoms with Crippen LogP contribution in [0.2, 0.25) is 5.02 Å². The summed E-state index contributed by atoms with van der Waals surface area (Å²) < 4.78 is 24.9. The van der Waals surface area contributed by atoms with Crippen molar-refractivity contribution in [3.63, 3.8) is 0 Å². The second kappa shape index (κ2) is 6.01. The maximum Gasteiger partial charge on any atom is 0.255 e. The molecular weight excluding hydrogens is 368 g/mol. The Labute approximate surface area is 131 Å². The molecule has 0 spiro atoms. The molecule has 0 unspecified atom stereocenters. The Morgan fingerprint density at radius 2 is 1.85 bits per heavy atom. The van der Waals surface area contributed by atoms with Crippen molar-refractivity contribution < 1.29 is 13.2 Å². The molecule has 0 N–H and O–H groups in total. The van der Waals surface area contributed by atoms with Crippen molar-refractivity contribution in [2.45, 2.75) is 0 Å². The molecule has 1 amide bonds. The van der Waals surface area contributed by atoms with E-state index in [0.29, 0.717) is 41.2 Å². The van der Waals surface area contributed by atoms with E-state index in [0.717, 1.165) is 0 Å². The molecule has 0 aliphatic carbocycles. The van der Waals surface area contributed by atoms with E-state index in [4.69, 9.17) is 11.6 Å². The van der Waals surface area contributed by atoms with E-state index >= 15 is 0 Å². The lowest BCUT2D eigenvalue weighted by molar-refractivity contribution is 0.0697. The molecule has 1 fully saturated rings. The SMILES string of the molecule is CS(=O)(=O)N1CCN(C(=O)c2cc(Cl)ccc2Br)CC1. The van der Waals surface area contributed by atoms with Crippen LogP contribution in [0.4, 0.5) is 0 Å². The topological polar surface area (TPSA) is 57.7 Å². The van der Waals surface area contributed by atoms with Crippen LogP contribution >= 0.6 is 27.5 Å². The number of halogens is 2. The highest BCUT2D eigenvalue weighted by atomic mass is 79.9. The Kier molecular flexibility index (Phi) is 4.73. The zero-order valence-electron chi connectivity index (χ0n) is 10.8. The summed E-state index contributed by atoms with van der Waals surface area (Å²) in [4.78, 5) is 14.0. The number of carbonyl (C=O) groups is 1. The van der Waals surface area contributed by atoms with Gasteiger partial charge in [-0.15, -0.1) is 0 Å². The molecule has 1 aliphatic rings. The predicted octanol–water partition coefficient (Wildman–Crippen LogP) is 1.82. The Morgan fingerprint density at radius 3 is 2.40 bits per heavy atom. The van der Waals surface area contributed by atoms with Gasteiger partial charge in [-0.05, 0) is 34.1 Å². The normalized spacial score (nSPS) is 17.2. The first-order chi connectivity index (χ1) is 9.29. The molecule has 2 rings (SSSR count). The number of piperazine rings is 1. The van der Waals surface area contributed by atoms with Crippen molar-refractivity contribution in [3.05, 3.63) is 33.3 Å². The zero-order chi connectivity index (χ0) is 14.9. The molecule has 1 aliphatic heterocycles. The number of nitrogens with zero attached hydrogens (tertiary/aromatic N) is 2. The number of hydrogen-bond acceptors (Lipinski definition) is 3. The lowest BCUT2D eigenvalue weighted by Crippen LogP contribution is -2.50. The number of amides is 1. The van der Waals surface area contributed by atoms with Crippen LogP contribution in [0, 0.1) is 0 Å². The van der Waals surface area contributed by atoms with Crippen LogP contribution in [-0.2, 0) is 10.0 Å². The van der Waals surface area contributed by atoms with Crippen LogP contribution in [-0.4, -0.2) is 56.0 Å². The number of sulfonamides is 1. The van der Waals surface area contributed by atoms with Gasteiger partial charge in [0.2, 0.25) is 10.0 Å². The van der Waals surface area contributed by atoms with Crippen LogP contribution in [0.25, 0.3) is 0 Å². The minimum absolute atomic E-state index is 0.146. The van der Waals surface area contributed by atoms with Crippen molar-refractivity contribution in [2.75, 3.05) is 32.4 Å². The largest absolute Gasteiger partial charge is 0.336 e. The maximum absolute atomic E-state index is 12.4. The fraction of sp³-hybridized carbons (Fsp3) is 0.417. The fourth-order valence-corrected chi connectivity index (χ4v) is 3.47. The summed E-state index contributed by atoms with van der Waals surface area (Å²) in [6.45, 7) is 1.40. The van der Waals surface area contributed by atoms with Gasteiger partial charge in [0, 0.05) is 35.7 Å². The monoisotopic (exact) mass is 380 g/mol. The predicted molar refractivity (Wildman–Crippen MR) is 81.5 cm³/mol. The van der Waals surface area contributed by atoms with Crippen LogP contribution < -0.4 is 0 Å². The second-order valence-electron chi connectivity index (χ2n) is 4.58. The van der Waals surface area contributed by atoms with Crippen molar-refractivity contribution in [2.24, 2.45) is 0 Å². The number of benzene rings is 1. The maximum atomic E-state index is 12.4. The molecule has 110 valence electrons. The summed E-state index contributed by atoms with van der Waals surface area (Å²) in [5.74, 6) is -0.146. The van der Waals surface area contributed by atoms with E-state index in [-0.39, 0.29) is 5.91 Å². The Bertz CT molecular complexity index is 628. The smallest absolute Gasteiger partial charge is 0.255 e. The van der Waals surface area contributed by atoms with Gasteiger partial charge in [-0.2, -0.15) is 4.31 Å². The van der Waals surface area contributed by atoms with Gasteiger partial charge in [0.05, 0.1) is 11.8 Å². The molecule has 1 aromatic rings. The molecule has 20 heavy (non-hydrogen) atoms. The summed E-state index contributed by atoms with van der Waals surface area (Å²) in [6, 6.07) is 5.03. The van der Waals surface area contributed by atoms with Crippen LogP contribution in [0.15, 0.2) is 22.7 Å². The van der Waals surface area contributed by atoms with E-state index in [1.54, 1.807) is 23.1 Å². The average molecular weight is 382 g/mol. The Morgan fingerprint density at radius 1 is 1.25 bits per heavy atom.